The fourth-order valence-corrected chi connectivity index (χ4v) is 2.70. The molecule has 0 aliphatic rings. The summed E-state index contributed by atoms with van der Waals surface area (Å²) in [6.07, 6.45) is -0.744. The van der Waals surface area contributed by atoms with Crippen molar-refractivity contribution >= 4 is 21.6 Å². The van der Waals surface area contributed by atoms with Crippen LogP contribution in [-0.2, 0) is 15.8 Å². The number of sulfonamides is 1. The minimum Gasteiger partial charge on any atom is -0.391 e. The summed E-state index contributed by atoms with van der Waals surface area (Å²) in [5.41, 5.74) is 0.387. The Hall–Kier alpha value is -0.690. The predicted octanol–water partition coefficient (Wildman–Crippen LogP) is 1.92. The first-order valence-corrected chi connectivity index (χ1v) is 7.83. The molecule has 0 amide bonds. The molecule has 108 valence electrons. The molecule has 1 unspecified atom stereocenters. The number of aliphatic hydroxyl groups is 1. The van der Waals surface area contributed by atoms with E-state index in [9.17, 15) is 17.9 Å². The van der Waals surface area contributed by atoms with E-state index in [0.717, 1.165) is 6.07 Å². The van der Waals surface area contributed by atoms with Crippen LogP contribution in [0.3, 0.4) is 0 Å². The first kappa shape index (κ1) is 16.4. The van der Waals surface area contributed by atoms with Crippen LogP contribution in [0.1, 0.15) is 19.4 Å². The van der Waals surface area contributed by atoms with Gasteiger partial charge < -0.3 is 5.11 Å². The van der Waals surface area contributed by atoms with Gasteiger partial charge in [0.05, 0.1) is 16.9 Å². The van der Waals surface area contributed by atoms with Crippen LogP contribution in [0.5, 0.6) is 0 Å². The third kappa shape index (κ3) is 5.44. The van der Waals surface area contributed by atoms with Gasteiger partial charge in [0.15, 0.2) is 0 Å². The Balaban J connectivity index is 2.66. The van der Waals surface area contributed by atoms with Crippen LogP contribution in [0, 0.1) is 11.7 Å². The predicted molar refractivity (Wildman–Crippen MR) is 72.9 cm³/mol. The molecule has 0 fully saturated rings. The van der Waals surface area contributed by atoms with E-state index >= 15 is 0 Å². The normalized spacial score (nSPS) is 13.8. The molecule has 0 saturated heterocycles. The molecule has 0 aliphatic carbocycles. The first-order valence-electron chi connectivity index (χ1n) is 5.80. The zero-order chi connectivity index (χ0) is 14.6. The average Bonchev–Trinajstić information content (AvgIpc) is 2.30. The summed E-state index contributed by atoms with van der Waals surface area (Å²) >= 11 is 5.58. The third-order valence-corrected chi connectivity index (χ3v) is 4.23. The molecule has 1 aromatic rings. The van der Waals surface area contributed by atoms with Crippen molar-refractivity contribution in [1.29, 1.82) is 0 Å². The van der Waals surface area contributed by atoms with E-state index < -0.39 is 21.9 Å². The van der Waals surface area contributed by atoms with Crippen molar-refractivity contribution in [2.45, 2.75) is 25.7 Å². The van der Waals surface area contributed by atoms with E-state index in [-0.39, 0.29) is 23.2 Å². The highest BCUT2D eigenvalue weighted by Gasteiger charge is 2.16. The van der Waals surface area contributed by atoms with E-state index in [1.54, 1.807) is 13.8 Å². The standard InChI is InChI=1S/C12H17ClFNO3S/c1-8(2)12(16)6-15-19(17,18)7-9-3-4-11(14)10(13)5-9/h3-5,8,12,15-16H,6-7H2,1-2H3. The number of hydrogen-bond acceptors (Lipinski definition) is 3. The molecule has 1 aromatic carbocycles. The van der Waals surface area contributed by atoms with Crippen molar-refractivity contribution in [1.82, 2.24) is 4.72 Å². The van der Waals surface area contributed by atoms with E-state index in [1.165, 1.54) is 12.1 Å². The Morgan fingerprint density at radius 2 is 2.05 bits per heavy atom. The number of benzene rings is 1. The van der Waals surface area contributed by atoms with Crippen molar-refractivity contribution in [3.8, 4) is 0 Å². The maximum absolute atomic E-state index is 12.9. The van der Waals surface area contributed by atoms with E-state index in [0.29, 0.717) is 5.56 Å². The minimum absolute atomic E-state index is 0.0389. The van der Waals surface area contributed by atoms with Gasteiger partial charge in [0.2, 0.25) is 10.0 Å². The summed E-state index contributed by atoms with van der Waals surface area (Å²) in [7, 11) is -3.58. The average molecular weight is 310 g/mol. The first-order chi connectivity index (χ1) is 8.71. The molecule has 0 bridgehead atoms. The molecule has 2 N–H and O–H groups in total. The van der Waals surface area contributed by atoms with Crippen LogP contribution >= 0.6 is 11.6 Å². The molecule has 0 spiro atoms. The number of aliphatic hydroxyl groups excluding tert-OH is 1. The molecule has 7 heteroatoms. The maximum Gasteiger partial charge on any atom is 0.215 e. The van der Waals surface area contributed by atoms with Crippen molar-refractivity contribution in [2.75, 3.05) is 6.54 Å². The number of rotatable bonds is 6. The van der Waals surface area contributed by atoms with Crippen LogP contribution in [0.15, 0.2) is 18.2 Å². The minimum atomic E-state index is -3.58. The highest BCUT2D eigenvalue weighted by molar-refractivity contribution is 7.88. The Kier molecular flexibility index (Phi) is 5.73. The lowest BCUT2D eigenvalue weighted by molar-refractivity contribution is 0.129. The Bertz CT molecular complexity index is 534. The summed E-state index contributed by atoms with van der Waals surface area (Å²) in [6, 6.07) is 3.75. The quantitative estimate of drug-likeness (QED) is 0.843. The molecule has 19 heavy (non-hydrogen) atoms. The fraction of sp³-hybridized carbons (Fsp3) is 0.500. The largest absolute Gasteiger partial charge is 0.391 e. The van der Waals surface area contributed by atoms with Crippen LogP contribution < -0.4 is 4.72 Å². The highest BCUT2D eigenvalue weighted by Crippen LogP contribution is 2.17. The van der Waals surface area contributed by atoms with E-state index in [2.05, 4.69) is 4.72 Å². The van der Waals surface area contributed by atoms with Crippen molar-refractivity contribution in [3.63, 3.8) is 0 Å². The molecule has 1 atom stereocenters. The Labute approximate surface area is 117 Å². The lowest BCUT2D eigenvalue weighted by atomic mass is 10.1. The topological polar surface area (TPSA) is 66.4 Å². The van der Waals surface area contributed by atoms with Gasteiger partial charge >= 0.3 is 0 Å². The van der Waals surface area contributed by atoms with Gasteiger partial charge in [-0.15, -0.1) is 0 Å². The summed E-state index contributed by atoms with van der Waals surface area (Å²) in [5.74, 6) is -0.938. The summed E-state index contributed by atoms with van der Waals surface area (Å²) in [6.45, 7) is 3.53. The lowest BCUT2D eigenvalue weighted by Crippen LogP contribution is -2.35. The molecular weight excluding hydrogens is 293 g/mol. The summed E-state index contributed by atoms with van der Waals surface area (Å²) < 4.78 is 38.8. The second-order valence-corrected chi connectivity index (χ2v) is 6.88. The van der Waals surface area contributed by atoms with Gasteiger partial charge in [-0.05, 0) is 23.6 Å². The van der Waals surface area contributed by atoms with Gasteiger partial charge in [-0.25, -0.2) is 17.5 Å². The molecule has 0 heterocycles. The highest BCUT2D eigenvalue weighted by atomic mass is 35.5. The second-order valence-electron chi connectivity index (χ2n) is 4.67. The van der Waals surface area contributed by atoms with Crippen LogP contribution in [0.4, 0.5) is 4.39 Å². The zero-order valence-electron chi connectivity index (χ0n) is 10.7. The third-order valence-electron chi connectivity index (χ3n) is 2.62. The van der Waals surface area contributed by atoms with Crippen molar-refractivity contribution in [3.05, 3.63) is 34.6 Å². The molecule has 0 aromatic heterocycles. The van der Waals surface area contributed by atoms with Crippen LogP contribution in [-0.4, -0.2) is 26.2 Å². The lowest BCUT2D eigenvalue weighted by Gasteiger charge is -2.15. The smallest absolute Gasteiger partial charge is 0.215 e. The van der Waals surface area contributed by atoms with Crippen LogP contribution in [0.25, 0.3) is 0 Å². The summed E-state index contributed by atoms with van der Waals surface area (Å²) in [5, 5.41) is 9.42. The van der Waals surface area contributed by atoms with E-state index in [1.807, 2.05) is 0 Å². The van der Waals surface area contributed by atoms with Gasteiger partial charge in [-0.2, -0.15) is 0 Å². The zero-order valence-corrected chi connectivity index (χ0v) is 12.3. The summed E-state index contributed by atoms with van der Waals surface area (Å²) in [4.78, 5) is 0. The second kappa shape index (κ2) is 6.65. The van der Waals surface area contributed by atoms with Gasteiger partial charge in [0, 0.05) is 6.54 Å². The Morgan fingerprint density at radius 1 is 1.42 bits per heavy atom. The molecule has 1 rings (SSSR count). The number of halogens is 2. The van der Waals surface area contributed by atoms with Crippen LogP contribution in [0.2, 0.25) is 5.02 Å². The fourth-order valence-electron chi connectivity index (χ4n) is 1.35. The number of nitrogens with one attached hydrogen (secondary N) is 1. The van der Waals surface area contributed by atoms with Crippen molar-refractivity contribution < 1.29 is 17.9 Å². The molecular formula is C12H17ClFNO3S. The van der Waals surface area contributed by atoms with Gasteiger partial charge in [-0.3, -0.25) is 0 Å². The monoisotopic (exact) mass is 309 g/mol. The molecule has 0 saturated carbocycles. The SMILES string of the molecule is CC(C)C(O)CNS(=O)(=O)Cc1ccc(F)c(Cl)c1. The van der Waals surface area contributed by atoms with E-state index in [4.69, 9.17) is 11.6 Å². The van der Waals surface area contributed by atoms with Gasteiger partial charge in [0.25, 0.3) is 0 Å². The molecule has 0 radical (unpaired) electrons. The Morgan fingerprint density at radius 3 is 2.58 bits per heavy atom. The maximum atomic E-state index is 12.9. The van der Waals surface area contributed by atoms with Gasteiger partial charge in [0.1, 0.15) is 5.82 Å². The molecule has 4 nitrogen and oxygen atoms in total. The number of hydrogen-bond donors (Lipinski definition) is 2. The van der Waals surface area contributed by atoms with Gasteiger partial charge in [-0.1, -0.05) is 31.5 Å². The van der Waals surface area contributed by atoms with Crippen molar-refractivity contribution in [2.24, 2.45) is 5.92 Å². The molecule has 0 aliphatic heterocycles.